The predicted octanol–water partition coefficient (Wildman–Crippen LogP) is 3.75. The van der Waals surface area contributed by atoms with Crippen LogP contribution in [0.1, 0.15) is 34.7 Å². The molecule has 0 spiro atoms. The molecular weight excluding hydrogens is 258 g/mol. The largest absolute Gasteiger partial charge is 0.302 e. The van der Waals surface area contributed by atoms with Crippen LogP contribution in [-0.4, -0.2) is 30.3 Å². The molecule has 0 N–H and O–H groups in total. The van der Waals surface area contributed by atoms with Crippen molar-refractivity contribution in [2.75, 3.05) is 19.6 Å². The highest BCUT2D eigenvalue weighted by Crippen LogP contribution is 2.26. The third-order valence-electron chi connectivity index (χ3n) is 4.29. The molecule has 108 valence electrons. The minimum absolute atomic E-state index is 0.249. The van der Waals surface area contributed by atoms with Crippen LogP contribution in [0.3, 0.4) is 0 Å². The summed E-state index contributed by atoms with van der Waals surface area (Å²) in [6.07, 6.45) is 1.81. The van der Waals surface area contributed by atoms with E-state index < -0.39 is 0 Å². The molecule has 2 aromatic rings. The normalized spacial score (nSPS) is 18.8. The molecule has 0 bridgehead atoms. The Balaban J connectivity index is 1.50. The van der Waals surface area contributed by atoms with Gasteiger partial charge in [-0.15, -0.1) is 0 Å². The zero-order valence-corrected chi connectivity index (χ0v) is 12.2. The molecule has 2 heteroatoms. The van der Waals surface area contributed by atoms with Crippen LogP contribution in [-0.2, 0) is 0 Å². The Hall–Kier alpha value is -1.93. The molecule has 0 aliphatic carbocycles. The highest BCUT2D eigenvalue weighted by molar-refractivity contribution is 5.96. The molecule has 0 amide bonds. The van der Waals surface area contributed by atoms with Crippen molar-refractivity contribution in [3.8, 4) is 0 Å². The first-order valence-electron chi connectivity index (χ1n) is 7.68. The summed E-state index contributed by atoms with van der Waals surface area (Å²) in [4.78, 5) is 14.5. The lowest BCUT2D eigenvalue weighted by Crippen LogP contribution is -2.23. The monoisotopic (exact) mass is 279 g/mol. The van der Waals surface area contributed by atoms with Gasteiger partial charge in [0, 0.05) is 25.1 Å². The Bertz CT molecular complexity index is 579. The number of hydrogen-bond acceptors (Lipinski definition) is 2. The van der Waals surface area contributed by atoms with Crippen molar-refractivity contribution < 1.29 is 4.79 Å². The van der Waals surface area contributed by atoms with Crippen molar-refractivity contribution in [2.24, 2.45) is 0 Å². The molecule has 1 aliphatic heterocycles. The van der Waals surface area contributed by atoms with Crippen LogP contribution in [0.25, 0.3) is 0 Å². The maximum atomic E-state index is 12.1. The van der Waals surface area contributed by atoms with Gasteiger partial charge >= 0.3 is 0 Å². The van der Waals surface area contributed by atoms with Gasteiger partial charge in [0.15, 0.2) is 5.78 Å². The lowest BCUT2D eigenvalue weighted by Gasteiger charge is -2.15. The molecule has 0 radical (unpaired) electrons. The Morgan fingerprint density at radius 2 is 1.67 bits per heavy atom. The highest BCUT2D eigenvalue weighted by atomic mass is 16.1. The highest BCUT2D eigenvalue weighted by Gasteiger charge is 2.23. The van der Waals surface area contributed by atoms with Crippen LogP contribution in [0.2, 0.25) is 0 Å². The van der Waals surface area contributed by atoms with Gasteiger partial charge in [0.05, 0.1) is 0 Å². The zero-order chi connectivity index (χ0) is 14.5. The van der Waals surface area contributed by atoms with E-state index in [1.807, 2.05) is 30.3 Å². The van der Waals surface area contributed by atoms with Crippen molar-refractivity contribution in [1.29, 1.82) is 0 Å². The first-order valence-corrected chi connectivity index (χ1v) is 7.68. The van der Waals surface area contributed by atoms with Gasteiger partial charge in [-0.2, -0.15) is 0 Å². The molecular formula is C19H21NO. The van der Waals surface area contributed by atoms with Crippen LogP contribution in [0.15, 0.2) is 60.7 Å². The topological polar surface area (TPSA) is 20.3 Å². The fraction of sp³-hybridized carbons (Fsp3) is 0.316. The Morgan fingerprint density at radius 3 is 2.38 bits per heavy atom. The van der Waals surface area contributed by atoms with Gasteiger partial charge in [0.25, 0.3) is 0 Å². The molecule has 2 aromatic carbocycles. The first-order chi connectivity index (χ1) is 10.3. The van der Waals surface area contributed by atoms with Crippen molar-refractivity contribution in [1.82, 2.24) is 4.90 Å². The van der Waals surface area contributed by atoms with Crippen LogP contribution >= 0.6 is 0 Å². The molecule has 3 rings (SSSR count). The minimum atomic E-state index is 0.249. The van der Waals surface area contributed by atoms with Gasteiger partial charge < -0.3 is 4.90 Å². The van der Waals surface area contributed by atoms with Gasteiger partial charge in [-0.25, -0.2) is 0 Å². The number of Topliss-reactive ketones (excluding diaryl/α,β-unsaturated/α-hetero) is 1. The molecule has 1 saturated heterocycles. The van der Waals surface area contributed by atoms with Crippen LogP contribution in [0.5, 0.6) is 0 Å². The SMILES string of the molecule is O=C(CCN1CC[C@@H](c2ccccc2)C1)c1ccccc1. The maximum Gasteiger partial charge on any atom is 0.164 e. The molecule has 2 nitrogen and oxygen atoms in total. The molecule has 1 aliphatic rings. The van der Waals surface area contributed by atoms with E-state index in [4.69, 9.17) is 0 Å². The van der Waals surface area contributed by atoms with E-state index in [0.29, 0.717) is 12.3 Å². The lowest BCUT2D eigenvalue weighted by molar-refractivity contribution is 0.0968. The second-order valence-corrected chi connectivity index (χ2v) is 5.74. The van der Waals surface area contributed by atoms with Gasteiger partial charge in [0.2, 0.25) is 0 Å². The summed E-state index contributed by atoms with van der Waals surface area (Å²) in [5.41, 5.74) is 2.26. The second-order valence-electron chi connectivity index (χ2n) is 5.74. The number of ketones is 1. The van der Waals surface area contributed by atoms with E-state index in [1.54, 1.807) is 0 Å². The summed E-state index contributed by atoms with van der Waals surface area (Å²) in [5, 5.41) is 0. The maximum absolute atomic E-state index is 12.1. The smallest absolute Gasteiger partial charge is 0.164 e. The van der Waals surface area contributed by atoms with Gasteiger partial charge in [-0.05, 0) is 24.4 Å². The Labute approximate surface area is 126 Å². The summed E-state index contributed by atoms with van der Waals surface area (Å²) in [6, 6.07) is 20.3. The molecule has 1 atom stereocenters. The molecule has 21 heavy (non-hydrogen) atoms. The number of carbonyl (C=O) groups is 1. The second kappa shape index (κ2) is 6.68. The van der Waals surface area contributed by atoms with E-state index in [-0.39, 0.29) is 5.78 Å². The summed E-state index contributed by atoms with van der Waals surface area (Å²) >= 11 is 0. The van der Waals surface area contributed by atoms with E-state index >= 15 is 0 Å². The van der Waals surface area contributed by atoms with E-state index in [2.05, 4.69) is 35.2 Å². The van der Waals surface area contributed by atoms with E-state index in [9.17, 15) is 4.79 Å². The molecule has 0 aromatic heterocycles. The fourth-order valence-corrected chi connectivity index (χ4v) is 3.06. The minimum Gasteiger partial charge on any atom is -0.302 e. The zero-order valence-electron chi connectivity index (χ0n) is 12.2. The van der Waals surface area contributed by atoms with Crippen LogP contribution in [0, 0.1) is 0 Å². The van der Waals surface area contributed by atoms with Gasteiger partial charge in [-0.3, -0.25) is 4.79 Å². The predicted molar refractivity (Wildman–Crippen MR) is 85.6 cm³/mol. The number of carbonyl (C=O) groups excluding carboxylic acids is 1. The van der Waals surface area contributed by atoms with Gasteiger partial charge in [-0.1, -0.05) is 60.7 Å². The molecule has 1 fully saturated rings. The third kappa shape index (κ3) is 3.59. The van der Waals surface area contributed by atoms with E-state index in [1.165, 1.54) is 12.0 Å². The lowest BCUT2D eigenvalue weighted by atomic mass is 9.99. The Kier molecular flexibility index (Phi) is 4.46. The third-order valence-corrected chi connectivity index (χ3v) is 4.29. The standard InChI is InChI=1S/C19H21NO/c21-19(17-9-5-2-6-10-17)12-14-20-13-11-18(15-20)16-7-3-1-4-8-16/h1-10,18H,11-15H2/t18-/m1/s1. The molecule has 0 unspecified atom stereocenters. The number of nitrogens with zero attached hydrogens (tertiary/aromatic N) is 1. The fourth-order valence-electron chi connectivity index (χ4n) is 3.06. The van der Waals surface area contributed by atoms with Crippen molar-refractivity contribution >= 4 is 5.78 Å². The quantitative estimate of drug-likeness (QED) is 0.777. The van der Waals surface area contributed by atoms with Crippen molar-refractivity contribution in [3.63, 3.8) is 0 Å². The number of rotatable bonds is 5. The Morgan fingerprint density at radius 1 is 1.00 bits per heavy atom. The van der Waals surface area contributed by atoms with Gasteiger partial charge in [0.1, 0.15) is 0 Å². The summed E-state index contributed by atoms with van der Waals surface area (Å²) < 4.78 is 0. The molecule has 1 heterocycles. The first kappa shape index (κ1) is 14.0. The number of benzene rings is 2. The van der Waals surface area contributed by atoms with E-state index in [0.717, 1.165) is 25.2 Å². The van der Waals surface area contributed by atoms with Crippen LogP contribution < -0.4 is 0 Å². The van der Waals surface area contributed by atoms with Crippen molar-refractivity contribution in [3.05, 3.63) is 71.8 Å². The summed E-state index contributed by atoms with van der Waals surface area (Å²) in [7, 11) is 0. The summed E-state index contributed by atoms with van der Waals surface area (Å²) in [5.74, 6) is 0.872. The van der Waals surface area contributed by atoms with Crippen molar-refractivity contribution in [2.45, 2.75) is 18.8 Å². The number of likely N-dealkylation sites (tertiary alicyclic amines) is 1. The summed E-state index contributed by atoms with van der Waals surface area (Å²) in [6.45, 7) is 3.05. The van der Waals surface area contributed by atoms with Crippen LogP contribution in [0.4, 0.5) is 0 Å². The number of hydrogen-bond donors (Lipinski definition) is 0. The molecule has 0 saturated carbocycles. The average Bonchev–Trinajstić information content (AvgIpc) is 3.03. The average molecular weight is 279 g/mol.